The fourth-order valence-electron chi connectivity index (χ4n) is 1.92. The zero-order valence-corrected chi connectivity index (χ0v) is 11.0. The van der Waals surface area contributed by atoms with E-state index in [1.54, 1.807) is 12.4 Å². The van der Waals surface area contributed by atoms with Crippen LogP contribution in [-0.4, -0.2) is 17.4 Å². The summed E-state index contributed by atoms with van der Waals surface area (Å²) in [5, 5.41) is 0. The quantitative estimate of drug-likeness (QED) is 0.743. The number of carbonyl (C=O) groups is 1. The highest BCUT2D eigenvalue weighted by Crippen LogP contribution is 2.20. The number of para-hydroxylation sites is 1. The molecule has 0 atom stereocenters. The van der Waals surface area contributed by atoms with Gasteiger partial charge in [0.05, 0.1) is 12.2 Å². The molecule has 0 radical (unpaired) electrons. The van der Waals surface area contributed by atoms with Gasteiger partial charge in [-0.15, -0.1) is 0 Å². The summed E-state index contributed by atoms with van der Waals surface area (Å²) in [4.78, 5) is 16.3. The van der Waals surface area contributed by atoms with Crippen molar-refractivity contribution in [2.24, 2.45) is 0 Å². The Balaban J connectivity index is 2.04. The number of nitrogens with zero attached hydrogens (tertiary/aromatic N) is 1. The largest absolute Gasteiger partial charge is 0.493 e. The molecule has 0 saturated carbocycles. The summed E-state index contributed by atoms with van der Waals surface area (Å²) in [6, 6.07) is 11.3. The number of pyridine rings is 1. The van der Waals surface area contributed by atoms with E-state index in [9.17, 15) is 4.79 Å². The molecule has 0 aliphatic carbocycles. The first-order chi connectivity index (χ1) is 9.31. The van der Waals surface area contributed by atoms with Crippen molar-refractivity contribution in [1.82, 2.24) is 4.98 Å². The van der Waals surface area contributed by atoms with Gasteiger partial charge in [0.15, 0.2) is 5.78 Å². The van der Waals surface area contributed by atoms with Crippen LogP contribution in [-0.2, 0) is 6.42 Å². The SMILES string of the molecule is CCOc1ccccc1C(=O)CCc1cccnc1. The maximum atomic E-state index is 12.2. The zero-order valence-electron chi connectivity index (χ0n) is 11.0. The lowest BCUT2D eigenvalue weighted by atomic mass is 10.0. The number of ketones is 1. The van der Waals surface area contributed by atoms with Gasteiger partial charge in [-0.2, -0.15) is 0 Å². The molecule has 0 spiro atoms. The Morgan fingerprint density at radius 3 is 2.79 bits per heavy atom. The van der Waals surface area contributed by atoms with Gasteiger partial charge in [0.25, 0.3) is 0 Å². The molecule has 3 nitrogen and oxygen atoms in total. The second kappa shape index (κ2) is 6.69. The summed E-state index contributed by atoms with van der Waals surface area (Å²) < 4.78 is 5.48. The van der Waals surface area contributed by atoms with Crippen molar-refractivity contribution in [3.8, 4) is 5.75 Å². The maximum absolute atomic E-state index is 12.2. The monoisotopic (exact) mass is 255 g/mol. The first kappa shape index (κ1) is 13.3. The molecule has 0 aliphatic rings. The molecule has 3 heteroatoms. The van der Waals surface area contributed by atoms with Crippen molar-refractivity contribution in [3.63, 3.8) is 0 Å². The molecule has 1 heterocycles. The van der Waals surface area contributed by atoms with Gasteiger partial charge in [-0.3, -0.25) is 9.78 Å². The van der Waals surface area contributed by atoms with Crippen molar-refractivity contribution >= 4 is 5.78 Å². The van der Waals surface area contributed by atoms with Crippen LogP contribution in [0.25, 0.3) is 0 Å². The topological polar surface area (TPSA) is 39.2 Å². The molecular formula is C16H17NO2. The summed E-state index contributed by atoms with van der Waals surface area (Å²) in [5.41, 5.74) is 1.73. The summed E-state index contributed by atoms with van der Waals surface area (Å²) >= 11 is 0. The van der Waals surface area contributed by atoms with Crippen LogP contribution in [0.5, 0.6) is 5.75 Å². The Hall–Kier alpha value is -2.16. The highest BCUT2D eigenvalue weighted by Gasteiger charge is 2.11. The third kappa shape index (κ3) is 3.65. The average Bonchev–Trinajstić information content (AvgIpc) is 2.47. The van der Waals surface area contributed by atoms with Crippen LogP contribution < -0.4 is 4.74 Å². The highest BCUT2D eigenvalue weighted by atomic mass is 16.5. The number of aryl methyl sites for hydroxylation is 1. The van der Waals surface area contributed by atoms with E-state index in [2.05, 4.69) is 4.98 Å². The second-order valence-electron chi connectivity index (χ2n) is 4.21. The van der Waals surface area contributed by atoms with Crippen LogP contribution >= 0.6 is 0 Å². The fraction of sp³-hybridized carbons (Fsp3) is 0.250. The minimum Gasteiger partial charge on any atom is -0.493 e. The van der Waals surface area contributed by atoms with Crippen LogP contribution in [0.1, 0.15) is 29.3 Å². The molecule has 2 aromatic rings. The third-order valence-electron chi connectivity index (χ3n) is 2.85. The standard InChI is InChI=1S/C16H17NO2/c1-2-19-16-8-4-3-7-14(16)15(18)10-9-13-6-5-11-17-12-13/h3-8,11-12H,2,9-10H2,1H3. The van der Waals surface area contributed by atoms with E-state index >= 15 is 0 Å². The van der Waals surface area contributed by atoms with Crippen LogP contribution in [0.15, 0.2) is 48.8 Å². The normalized spacial score (nSPS) is 10.2. The van der Waals surface area contributed by atoms with E-state index < -0.39 is 0 Å². The molecule has 98 valence electrons. The van der Waals surface area contributed by atoms with Crippen molar-refractivity contribution in [1.29, 1.82) is 0 Å². The predicted octanol–water partition coefficient (Wildman–Crippen LogP) is 3.30. The number of ether oxygens (including phenoxy) is 1. The van der Waals surface area contributed by atoms with Crippen LogP contribution in [0, 0.1) is 0 Å². The average molecular weight is 255 g/mol. The Labute approximate surface area is 113 Å². The summed E-state index contributed by atoms with van der Waals surface area (Å²) in [5.74, 6) is 0.772. The van der Waals surface area contributed by atoms with Crippen molar-refractivity contribution in [2.45, 2.75) is 19.8 Å². The molecular weight excluding hydrogens is 238 g/mol. The Bertz CT molecular complexity index is 537. The maximum Gasteiger partial charge on any atom is 0.166 e. The Kier molecular flexibility index (Phi) is 4.67. The number of Topliss-reactive ketones (excluding diaryl/α,β-unsaturated/α-hetero) is 1. The smallest absolute Gasteiger partial charge is 0.166 e. The molecule has 0 fully saturated rings. The van der Waals surface area contributed by atoms with Gasteiger partial charge in [0, 0.05) is 18.8 Å². The number of benzene rings is 1. The lowest BCUT2D eigenvalue weighted by Gasteiger charge is -2.08. The Morgan fingerprint density at radius 1 is 1.21 bits per heavy atom. The Morgan fingerprint density at radius 2 is 2.05 bits per heavy atom. The molecule has 1 aromatic carbocycles. The van der Waals surface area contributed by atoms with Crippen LogP contribution in [0.3, 0.4) is 0 Å². The first-order valence-electron chi connectivity index (χ1n) is 6.45. The molecule has 0 saturated heterocycles. The highest BCUT2D eigenvalue weighted by molar-refractivity contribution is 5.98. The molecule has 1 aromatic heterocycles. The number of carbonyl (C=O) groups excluding carboxylic acids is 1. The molecule has 2 rings (SSSR count). The molecule has 0 N–H and O–H groups in total. The third-order valence-corrected chi connectivity index (χ3v) is 2.85. The van der Waals surface area contributed by atoms with E-state index in [0.717, 1.165) is 5.56 Å². The first-order valence-corrected chi connectivity index (χ1v) is 6.45. The van der Waals surface area contributed by atoms with Crippen molar-refractivity contribution < 1.29 is 9.53 Å². The molecule has 0 unspecified atom stereocenters. The molecule has 19 heavy (non-hydrogen) atoms. The van der Waals surface area contributed by atoms with Crippen molar-refractivity contribution in [2.75, 3.05) is 6.61 Å². The number of rotatable bonds is 6. The summed E-state index contributed by atoms with van der Waals surface area (Å²) in [6.45, 7) is 2.48. The minimum absolute atomic E-state index is 0.105. The van der Waals surface area contributed by atoms with E-state index in [1.165, 1.54) is 0 Å². The minimum atomic E-state index is 0.105. The number of aromatic nitrogens is 1. The van der Waals surface area contributed by atoms with Gasteiger partial charge in [-0.1, -0.05) is 18.2 Å². The van der Waals surface area contributed by atoms with Gasteiger partial charge in [0.2, 0.25) is 0 Å². The lowest BCUT2D eigenvalue weighted by Crippen LogP contribution is -2.05. The van der Waals surface area contributed by atoms with E-state index in [1.807, 2.05) is 43.3 Å². The molecule has 0 aliphatic heterocycles. The van der Waals surface area contributed by atoms with E-state index in [-0.39, 0.29) is 5.78 Å². The molecule has 0 bridgehead atoms. The number of hydrogen-bond acceptors (Lipinski definition) is 3. The zero-order chi connectivity index (χ0) is 13.5. The molecule has 0 amide bonds. The van der Waals surface area contributed by atoms with Crippen molar-refractivity contribution in [3.05, 3.63) is 59.9 Å². The van der Waals surface area contributed by atoms with Crippen LogP contribution in [0.4, 0.5) is 0 Å². The van der Waals surface area contributed by atoms with Crippen LogP contribution in [0.2, 0.25) is 0 Å². The second-order valence-corrected chi connectivity index (χ2v) is 4.21. The lowest BCUT2D eigenvalue weighted by molar-refractivity contribution is 0.0979. The van der Waals surface area contributed by atoms with Gasteiger partial charge >= 0.3 is 0 Å². The summed E-state index contributed by atoms with van der Waals surface area (Å²) in [6.07, 6.45) is 4.69. The van der Waals surface area contributed by atoms with Gasteiger partial charge in [-0.05, 0) is 37.1 Å². The van der Waals surface area contributed by atoms with E-state index in [4.69, 9.17) is 4.74 Å². The van der Waals surface area contributed by atoms with Gasteiger partial charge in [-0.25, -0.2) is 0 Å². The van der Waals surface area contributed by atoms with E-state index in [0.29, 0.717) is 30.8 Å². The van der Waals surface area contributed by atoms with Gasteiger partial charge in [0.1, 0.15) is 5.75 Å². The van der Waals surface area contributed by atoms with Gasteiger partial charge < -0.3 is 4.74 Å². The fourth-order valence-corrected chi connectivity index (χ4v) is 1.92. The summed E-state index contributed by atoms with van der Waals surface area (Å²) in [7, 11) is 0. The number of hydrogen-bond donors (Lipinski definition) is 0. The predicted molar refractivity (Wildman–Crippen MR) is 74.5 cm³/mol.